The lowest BCUT2D eigenvalue weighted by Crippen LogP contribution is -2.53. The number of hydrogen-bond donors (Lipinski definition) is 5. The molecule has 0 bridgehead atoms. The van der Waals surface area contributed by atoms with Gasteiger partial charge in [-0.15, -0.1) is 0 Å². The van der Waals surface area contributed by atoms with E-state index in [0.717, 1.165) is 38.5 Å². The highest BCUT2D eigenvalue weighted by Gasteiger charge is 2.28. The second-order valence-corrected chi connectivity index (χ2v) is 17.9. The summed E-state index contributed by atoms with van der Waals surface area (Å²) in [6, 6.07) is -1.00. The van der Waals surface area contributed by atoms with Gasteiger partial charge in [0.15, 0.2) is 0 Å². The van der Waals surface area contributed by atoms with Gasteiger partial charge >= 0.3 is 0 Å². The maximum Gasteiger partial charge on any atom is 0.249 e. The molecular weight excluding hydrogens is 719 g/mol. The third-order valence-corrected chi connectivity index (χ3v) is 12.1. The Morgan fingerprint density at radius 1 is 0.414 bits per heavy atom. The first-order valence-corrected chi connectivity index (χ1v) is 25.7. The van der Waals surface area contributed by atoms with E-state index in [0.29, 0.717) is 19.3 Å². The van der Waals surface area contributed by atoms with Crippen LogP contribution in [0.4, 0.5) is 0 Å². The molecule has 4 atom stereocenters. The number of hydrogen-bond acceptors (Lipinski definition) is 5. The zero-order valence-corrected chi connectivity index (χ0v) is 38.8. The Balaban J connectivity index is 3.60. The summed E-state index contributed by atoms with van der Waals surface area (Å²) in [7, 11) is 0. The third kappa shape index (κ3) is 40.2. The smallest absolute Gasteiger partial charge is 0.249 e. The molecule has 0 spiro atoms. The molecule has 0 aliphatic heterocycles. The van der Waals surface area contributed by atoms with Crippen LogP contribution in [0.2, 0.25) is 0 Å². The zero-order valence-electron chi connectivity index (χ0n) is 38.8. The van der Waals surface area contributed by atoms with E-state index in [-0.39, 0.29) is 0 Å². The van der Waals surface area contributed by atoms with Crippen LogP contribution in [0.3, 0.4) is 0 Å². The van der Waals surface area contributed by atoms with Crippen molar-refractivity contribution >= 4 is 5.91 Å². The van der Waals surface area contributed by atoms with E-state index in [1.54, 1.807) is 0 Å². The summed E-state index contributed by atoms with van der Waals surface area (Å²) in [5.74, 6) is -0.598. The molecule has 0 radical (unpaired) electrons. The minimum absolute atomic E-state index is 0.362. The monoisotopic (exact) mass is 820 g/mol. The lowest BCUT2D eigenvalue weighted by molar-refractivity contribution is -0.132. The number of carbonyl (C=O) groups is 1. The average molecular weight is 820 g/mol. The van der Waals surface area contributed by atoms with Crippen molar-refractivity contribution in [3.8, 4) is 0 Å². The van der Waals surface area contributed by atoms with Gasteiger partial charge in [0.05, 0.1) is 18.8 Å². The summed E-state index contributed by atoms with van der Waals surface area (Å²) in [4.78, 5) is 12.5. The summed E-state index contributed by atoms with van der Waals surface area (Å²) < 4.78 is 0. The summed E-state index contributed by atoms with van der Waals surface area (Å²) in [6.45, 7) is 4.03. The lowest BCUT2D eigenvalue weighted by Gasteiger charge is -2.27. The molecule has 0 aliphatic rings. The first-order chi connectivity index (χ1) is 28.5. The van der Waals surface area contributed by atoms with Crippen molar-refractivity contribution in [2.24, 2.45) is 0 Å². The van der Waals surface area contributed by atoms with Gasteiger partial charge in [-0.2, -0.15) is 0 Å². The minimum Gasteiger partial charge on any atom is -0.394 e. The fourth-order valence-electron chi connectivity index (χ4n) is 8.07. The van der Waals surface area contributed by atoms with Crippen molar-refractivity contribution in [3.05, 3.63) is 24.3 Å². The molecule has 1 amide bonds. The molecule has 0 aromatic carbocycles. The molecule has 0 fully saturated rings. The number of aliphatic hydroxyl groups is 4. The molecule has 0 aromatic heterocycles. The molecule has 0 saturated carbocycles. The van der Waals surface area contributed by atoms with Gasteiger partial charge < -0.3 is 25.7 Å². The lowest BCUT2D eigenvalue weighted by atomic mass is 10.00. The van der Waals surface area contributed by atoms with Crippen molar-refractivity contribution in [2.45, 2.75) is 295 Å². The van der Waals surface area contributed by atoms with Crippen molar-refractivity contribution in [3.63, 3.8) is 0 Å². The molecule has 0 rings (SSSR count). The van der Waals surface area contributed by atoms with Crippen LogP contribution in [0.1, 0.15) is 271 Å². The third-order valence-electron chi connectivity index (χ3n) is 12.1. The van der Waals surface area contributed by atoms with Crippen LogP contribution in [0.15, 0.2) is 24.3 Å². The Kier molecular flexibility index (Phi) is 45.9. The number of aliphatic hydroxyl groups excluding tert-OH is 4. The van der Waals surface area contributed by atoms with Crippen LogP contribution < -0.4 is 5.32 Å². The number of unbranched alkanes of at least 4 members (excludes halogenated alkanes) is 34. The zero-order chi connectivity index (χ0) is 42.4. The maximum absolute atomic E-state index is 12.5. The molecule has 344 valence electrons. The Hall–Kier alpha value is -1.21. The SMILES string of the molecule is CCCCCCCCCCCCCCCCCCCCCCCCC/C=C/CC/C=C/CCCC(O)C(O)C(CO)NC(=O)C(O)CCCCCCCCCCCC. The molecule has 0 aliphatic carbocycles. The summed E-state index contributed by atoms with van der Waals surface area (Å²) in [6.07, 6.45) is 55.5. The molecule has 0 heterocycles. The van der Waals surface area contributed by atoms with Crippen LogP contribution in [0.5, 0.6) is 0 Å². The molecule has 6 heteroatoms. The standard InChI is InChI=1S/C52H101NO5/c1-3-5-7-9-11-13-15-16-17-18-19-20-21-22-23-24-25-26-27-28-29-30-31-32-33-34-35-36-38-39-41-43-45-49(55)51(57)48(47-54)53-52(58)50(56)46-44-42-40-37-14-12-10-8-6-4-2/h33-34,38-39,48-51,54-57H,3-32,35-37,40-47H2,1-2H3,(H,53,58)/b34-33+,39-38+. The Labute approximate surface area is 361 Å². The fourth-order valence-corrected chi connectivity index (χ4v) is 8.07. The topological polar surface area (TPSA) is 110 Å². The summed E-state index contributed by atoms with van der Waals surface area (Å²) >= 11 is 0. The van der Waals surface area contributed by atoms with E-state index in [4.69, 9.17) is 0 Å². The van der Waals surface area contributed by atoms with Crippen LogP contribution in [0.25, 0.3) is 0 Å². The van der Waals surface area contributed by atoms with Gasteiger partial charge in [-0.3, -0.25) is 4.79 Å². The normalized spacial score (nSPS) is 14.1. The number of carbonyl (C=O) groups excluding carboxylic acids is 1. The molecule has 6 nitrogen and oxygen atoms in total. The number of amides is 1. The van der Waals surface area contributed by atoms with Gasteiger partial charge in [0.1, 0.15) is 12.2 Å². The van der Waals surface area contributed by atoms with E-state index in [9.17, 15) is 25.2 Å². The first kappa shape index (κ1) is 56.8. The van der Waals surface area contributed by atoms with Crippen molar-refractivity contribution in [2.75, 3.05) is 6.61 Å². The largest absolute Gasteiger partial charge is 0.394 e. The Morgan fingerprint density at radius 3 is 1.09 bits per heavy atom. The molecule has 4 unspecified atom stereocenters. The van der Waals surface area contributed by atoms with E-state index in [1.165, 1.54) is 199 Å². The Bertz CT molecular complexity index is 878. The van der Waals surface area contributed by atoms with Crippen LogP contribution in [-0.2, 0) is 4.79 Å². The molecule has 58 heavy (non-hydrogen) atoms. The summed E-state index contributed by atoms with van der Waals surface area (Å²) in [5.41, 5.74) is 0. The van der Waals surface area contributed by atoms with Gasteiger partial charge in [0.2, 0.25) is 5.91 Å². The molecule has 0 saturated heterocycles. The van der Waals surface area contributed by atoms with Crippen molar-refractivity contribution in [1.82, 2.24) is 5.32 Å². The number of rotatable bonds is 47. The van der Waals surface area contributed by atoms with Crippen LogP contribution in [0, 0.1) is 0 Å². The first-order valence-electron chi connectivity index (χ1n) is 25.7. The van der Waals surface area contributed by atoms with E-state index in [1.807, 2.05) is 0 Å². The van der Waals surface area contributed by atoms with Gasteiger partial charge in [-0.1, -0.05) is 244 Å². The fraction of sp³-hybridized carbons (Fsp3) is 0.904. The quantitative estimate of drug-likeness (QED) is 0.0310. The van der Waals surface area contributed by atoms with Gasteiger partial charge in [-0.25, -0.2) is 0 Å². The highest BCUT2D eigenvalue weighted by Crippen LogP contribution is 2.17. The van der Waals surface area contributed by atoms with E-state index >= 15 is 0 Å². The van der Waals surface area contributed by atoms with Crippen molar-refractivity contribution in [1.29, 1.82) is 0 Å². The molecule has 5 N–H and O–H groups in total. The van der Waals surface area contributed by atoms with Gasteiger partial charge in [-0.05, 0) is 51.4 Å². The highest BCUT2D eigenvalue weighted by molar-refractivity contribution is 5.80. The van der Waals surface area contributed by atoms with Crippen molar-refractivity contribution < 1.29 is 25.2 Å². The molecular formula is C52H101NO5. The highest BCUT2D eigenvalue weighted by atomic mass is 16.3. The number of allylic oxidation sites excluding steroid dienone is 4. The second kappa shape index (κ2) is 46.8. The predicted molar refractivity (Wildman–Crippen MR) is 251 cm³/mol. The Morgan fingerprint density at radius 2 is 0.724 bits per heavy atom. The minimum atomic E-state index is -1.29. The number of nitrogens with one attached hydrogen (secondary N) is 1. The van der Waals surface area contributed by atoms with E-state index in [2.05, 4.69) is 43.5 Å². The maximum atomic E-state index is 12.5. The average Bonchev–Trinajstić information content (AvgIpc) is 3.23. The van der Waals surface area contributed by atoms with Crippen LogP contribution in [-0.4, -0.2) is 57.3 Å². The summed E-state index contributed by atoms with van der Waals surface area (Å²) in [5, 5.41) is 43.6. The van der Waals surface area contributed by atoms with Gasteiger partial charge in [0, 0.05) is 0 Å². The molecule has 0 aromatic rings. The van der Waals surface area contributed by atoms with Gasteiger partial charge in [0.25, 0.3) is 0 Å². The second-order valence-electron chi connectivity index (χ2n) is 17.9. The van der Waals surface area contributed by atoms with E-state index < -0.39 is 36.9 Å². The predicted octanol–water partition coefficient (Wildman–Crippen LogP) is 14.3. The van der Waals surface area contributed by atoms with Crippen LogP contribution >= 0.6 is 0 Å².